The van der Waals surface area contributed by atoms with Gasteiger partial charge >= 0.3 is 11.7 Å². The van der Waals surface area contributed by atoms with Gasteiger partial charge in [0.2, 0.25) is 11.5 Å². The molecule has 0 radical (unpaired) electrons. The highest BCUT2D eigenvalue weighted by atomic mass is 16.5. The molecule has 6 nitrogen and oxygen atoms in total. The number of hydrogen-bond acceptors (Lipinski definition) is 5. The number of ether oxygens (including phenoxy) is 1. The van der Waals surface area contributed by atoms with Gasteiger partial charge in [-0.1, -0.05) is 0 Å². The second-order valence-corrected chi connectivity index (χ2v) is 2.65. The summed E-state index contributed by atoms with van der Waals surface area (Å²) in [7, 11) is 0. The molecule has 1 aromatic rings. The lowest BCUT2D eigenvalue weighted by molar-refractivity contribution is -0.615. The zero-order valence-corrected chi connectivity index (χ0v) is 7.98. The summed E-state index contributed by atoms with van der Waals surface area (Å²) in [5.41, 5.74) is 5.42. The molecule has 0 amide bonds. The van der Waals surface area contributed by atoms with Gasteiger partial charge in [0, 0.05) is 6.92 Å². The van der Waals surface area contributed by atoms with Crippen molar-refractivity contribution in [3.8, 4) is 0 Å². The van der Waals surface area contributed by atoms with Gasteiger partial charge in [-0.2, -0.15) is 4.73 Å². The van der Waals surface area contributed by atoms with Crippen molar-refractivity contribution < 1.29 is 14.3 Å². The molecular weight excluding hydrogens is 186 g/mol. The molecule has 0 aliphatic rings. The van der Waals surface area contributed by atoms with Gasteiger partial charge < -0.3 is 15.7 Å². The van der Waals surface area contributed by atoms with Crippen molar-refractivity contribution in [2.75, 3.05) is 12.3 Å². The monoisotopic (exact) mass is 197 g/mol. The van der Waals surface area contributed by atoms with Crippen LogP contribution >= 0.6 is 0 Å². The van der Waals surface area contributed by atoms with E-state index in [-0.39, 0.29) is 18.1 Å². The SMILES string of the molecule is CCOC(=O)c1c(N)ncc(C)[n+]1[O-]. The molecule has 14 heavy (non-hydrogen) atoms. The minimum absolute atomic E-state index is 0.121. The fourth-order valence-corrected chi connectivity index (χ4v) is 0.944. The lowest BCUT2D eigenvalue weighted by atomic mass is 10.4. The molecule has 0 aliphatic heterocycles. The highest BCUT2D eigenvalue weighted by molar-refractivity contribution is 5.90. The molecule has 2 N–H and O–H groups in total. The molecule has 1 aromatic heterocycles. The number of carbonyl (C=O) groups is 1. The first kappa shape index (κ1) is 10.2. The Morgan fingerprint density at radius 3 is 3.00 bits per heavy atom. The number of nitrogens with zero attached hydrogens (tertiary/aromatic N) is 2. The van der Waals surface area contributed by atoms with Crippen LogP contribution in [0.15, 0.2) is 6.20 Å². The lowest BCUT2D eigenvalue weighted by Gasteiger charge is -2.07. The van der Waals surface area contributed by atoms with Gasteiger partial charge in [-0.3, -0.25) is 0 Å². The van der Waals surface area contributed by atoms with Crippen molar-refractivity contribution in [3.05, 3.63) is 22.8 Å². The summed E-state index contributed by atoms with van der Waals surface area (Å²) in [6.07, 6.45) is 1.30. The van der Waals surface area contributed by atoms with Crippen LogP contribution in [0.1, 0.15) is 23.1 Å². The first-order chi connectivity index (χ1) is 6.57. The maximum atomic E-state index is 11.4. The predicted octanol–water partition coefficient (Wildman–Crippen LogP) is -0.218. The quantitative estimate of drug-likeness (QED) is 0.402. The van der Waals surface area contributed by atoms with Gasteiger partial charge in [-0.25, -0.2) is 9.78 Å². The van der Waals surface area contributed by atoms with E-state index in [2.05, 4.69) is 9.72 Å². The Hall–Kier alpha value is -1.85. The Labute approximate surface area is 80.9 Å². The average Bonchev–Trinajstić information content (AvgIpc) is 2.13. The Kier molecular flexibility index (Phi) is 2.85. The topological polar surface area (TPSA) is 92.2 Å². The molecule has 0 atom stereocenters. The number of carbonyl (C=O) groups excluding carboxylic acids is 1. The predicted molar refractivity (Wildman–Crippen MR) is 48.3 cm³/mol. The molecule has 0 unspecified atom stereocenters. The molecule has 0 aromatic carbocycles. The Balaban J connectivity index is 3.18. The number of anilines is 1. The molecule has 1 rings (SSSR count). The van der Waals surface area contributed by atoms with Gasteiger partial charge in [-0.05, 0) is 6.92 Å². The van der Waals surface area contributed by atoms with Gasteiger partial charge in [0.05, 0.1) is 12.8 Å². The molecule has 0 saturated carbocycles. The van der Waals surface area contributed by atoms with E-state index in [0.717, 1.165) is 0 Å². The second kappa shape index (κ2) is 3.91. The molecule has 6 heteroatoms. The number of hydrogen-bond donors (Lipinski definition) is 1. The van der Waals surface area contributed by atoms with Crippen LogP contribution in [-0.2, 0) is 4.74 Å². The third-order valence-corrected chi connectivity index (χ3v) is 1.63. The largest absolute Gasteiger partial charge is 0.618 e. The fourth-order valence-electron chi connectivity index (χ4n) is 0.944. The van der Waals surface area contributed by atoms with Crippen molar-refractivity contribution in [1.82, 2.24) is 4.98 Å². The zero-order valence-electron chi connectivity index (χ0n) is 7.98. The van der Waals surface area contributed by atoms with E-state index in [9.17, 15) is 10.0 Å². The van der Waals surface area contributed by atoms with Gasteiger partial charge in [0.25, 0.3) is 0 Å². The molecule has 1 heterocycles. The molecule has 0 bridgehead atoms. The first-order valence-electron chi connectivity index (χ1n) is 4.09. The number of nitrogens with two attached hydrogens (primary N) is 1. The third-order valence-electron chi connectivity index (χ3n) is 1.63. The summed E-state index contributed by atoms with van der Waals surface area (Å²) in [5.74, 6) is -0.875. The number of nitrogen functional groups attached to an aromatic ring is 1. The standard InChI is InChI=1S/C8H11N3O3/c1-3-14-8(12)6-7(9)10-4-5(2)11(6)13/h4H,3H2,1-2H3,(H2,9,10). The Morgan fingerprint density at radius 1 is 1.79 bits per heavy atom. The van der Waals surface area contributed by atoms with E-state index in [1.807, 2.05) is 0 Å². The van der Waals surface area contributed by atoms with E-state index < -0.39 is 5.97 Å². The maximum absolute atomic E-state index is 11.4. The van der Waals surface area contributed by atoms with Gasteiger partial charge in [0.15, 0.2) is 0 Å². The van der Waals surface area contributed by atoms with Gasteiger partial charge in [-0.15, -0.1) is 0 Å². The van der Waals surface area contributed by atoms with E-state index in [4.69, 9.17) is 5.73 Å². The Morgan fingerprint density at radius 2 is 2.43 bits per heavy atom. The van der Waals surface area contributed by atoms with Gasteiger partial charge in [0.1, 0.15) is 0 Å². The molecule has 0 spiro atoms. The second-order valence-electron chi connectivity index (χ2n) is 2.65. The van der Waals surface area contributed by atoms with Crippen molar-refractivity contribution in [3.63, 3.8) is 0 Å². The van der Waals surface area contributed by atoms with E-state index in [1.165, 1.54) is 13.1 Å². The molecule has 76 valence electrons. The lowest BCUT2D eigenvalue weighted by Crippen LogP contribution is -2.40. The molecular formula is C8H11N3O3. The van der Waals surface area contributed by atoms with Crippen molar-refractivity contribution >= 4 is 11.8 Å². The summed E-state index contributed by atoms with van der Waals surface area (Å²) in [6.45, 7) is 3.36. The zero-order chi connectivity index (χ0) is 10.7. The highest BCUT2D eigenvalue weighted by Gasteiger charge is 2.24. The minimum Gasteiger partial charge on any atom is -0.618 e. The number of rotatable bonds is 2. The normalized spacial score (nSPS) is 9.86. The van der Waals surface area contributed by atoms with Crippen LogP contribution in [0.3, 0.4) is 0 Å². The van der Waals surface area contributed by atoms with Crippen LogP contribution in [0.2, 0.25) is 0 Å². The van der Waals surface area contributed by atoms with Crippen LogP contribution in [0.4, 0.5) is 5.82 Å². The minimum atomic E-state index is -0.754. The first-order valence-corrected chi connectivity index (χ1v) is 4.09. The number of aromatic nitrogens is 2. The van der Waals surface area contributed by atoms with Crippen LogP contribution < -0.4 is 10.5 Å². The summed E-state index contributed by atoms with van der Waals surface area (Å²) in [4.78, 5) is 15.0. The fraction of sp³-hybridized carbons (Fsp3) is 0.375. The maximum Gasteiger partial charge on any atom is 0.409 e. The van der Waals surface area contributed by atoms with Crippen molar-refractivity contribution in [1.29, 1.82) is 0 Å². The number of aryl methyl sites for hydroxylation is 1. The van der Waals surface area contributed by atoms with Crippen molar-refractivity contribution in [2.45, 2.75) is 13.8 Å². The average molecular weight is 197 g/mol. The van der Waals surface area contributed by atoms with E-state index in [1.54, 1.807) is 6.92 Å². The Bertz CT molecular complexity index is 365. The van der Waals surface area contributed by atoms with Crippen LogP contribution in [-0.4, -0.2) is 17.6 Å². The molecule has 0 fully saturated rings. The van der Waals surface area contributed by atoms with E-state index in [0.29, 0.717) is 10.4 Å². The summed E-state index contributed by atoms with van der Waals surface area (Å²) in [5, 5.41) is 11.4. The van der Waals surface area contributed by atoms with Crippen LogP contribution in [0, 0.1) is 12.1 Å². The third kappa shape index (κ3) is 1.73. The van der Waals surface area contributed by atoms with Crippen LogP contribution in [0.5, 0.6) is 0 Å². The summed E-state index contributed by atoms with van der Waals surface area (Å²) >= 11 is 0. The summed E-state index contributed by atoms with van der Waals surface area (Å²) < 4.78 is 5.08. The highest BCUT2D eigenvalue weighted by Crippen LogP contribution is 2.04. The molecule has 0 aliphatic carbocycles. The van der Waals surface area contributed by atoms with Crippen LogP contribution in [0.25, 0.3) is 0 Å². The molecule has 0 saturated heterocycles. The van der Waals surface area contributed by atoms with Crippen molar-refractivity contribution in [2.24, 2.45) is 0 Å². The number of esters is 1. The smallest absolute Gasteiger partial charge is 0.409 e. The van der Waals surface area contributed by atoms with E-state index >= 15 is 0 Å². The summed E-state index contributed by atoms with van der Waals surface area (Å²) in [6, 6.07) is 0.